The number of methoxy groups -OCH3 is 2. The van der Waals surface area contributed by atoms with E-state index in [9.17, 15) is 4.79 Å². The summed E-state index contributed by atoms with van der Waals surface area (Å²) in [5.41, 5.74) is 1.26. The normalized spacial score (nSPS) is 9.92. The molecule has 0 spiro atoms. The molecule has 0 aliphatic carbocycles. The van der Waals surface area contributed by atoms with E-state index in [1.54, 1.807) is 32.4 Å². The molecule has 0 aliphatic rings. The van der Waals surface area contributed by atoms with Gasteiger partial charge in [0.05, 0.1) is 14.2 Å². The van der Waals surface area contributed by atoms with Gasteiger partial charge in [-0.25, -0.2) is 0 Å². The Hall–Kier alpha value is -3.09. The van der Waals surface area contributed by atoms with E-state index in [2.05, 4.69) is 27.4 Å². The molecule has 0 aliphatic heterocycles. The minimum absolute atomic E-state index is 0.258. The van der Waals surface area contributed by atoms with Crippen molar-refractivity contribution in [2.24, 2.45) is 0 Å². The van der Waals surface area contributed by atoms with Crippen LogP contribution in [0.3, 0.4) is 0 Å². The van der Waals surface area contributed by atoms with E-state index >= 15 is 0 Å². The fraction of sp³-hybridized carbons (Fsp3) is 0.235. The molecule has 0 bridgehead atoms. The molecule has 0 atom stereocenters. The van der Waals surface area contributed by atoms with E-state index in [0.29, 0.717) is 30.4 Å². The van der Waals surface area contributed by atoms with Crippen molar-refractivity contribution in [1.82, 2.24) is 15.5 Å². The van der Waals surface area contributed by atoms with Crippen molar-refractivity contribution in [2.75, 3.05) is 26.1 Å². The Labute approximate surface area is 140 Å². The summed E-state index contributed by atoms with van der Waals surface area (Å²) in [6.07, 6.45) is 1.60. The highest BCUT2D eigenvalue weighted by Crippen LogP contribution is 2.27. The lowest BCUT2D eigenvalue weighted by molar-refractivity contribution is 0.0952. The first-order valence-corrected chi connectivity index (χ1v) is 7.35. The first-order valence-electron chi connectivity index (χ1n) is 7.35. The Balaban J connectivity index is 1.97. The smallest absolute Gasteiger partial charge is 0.272 e. The van der Waals surface area contributed by atoms with Crippen LogP contribution in [-0.2, 0) is 6.54 Å². The molecule has 0 saturated carbocycles. The van der Waals surface area contributed by atoms with Crippen molar-refractivity contribution in [3.63, 3.8) is 0 Å². The predicted molar refractivity (Wildman–Crippen MR) is 91.4 cm³/mol. The Morgan fingerprint density at radius 2 is 1.96 bits per heavy atom. The van der Waals surface area contributed by atoms with Crippen LogP contribution in [0.2, 0.25) is 0 Å². The van der Waals surface area contributed by atoms with Gasteiger partial charge in [0.2, 0.25) is 0 Å². The zero-order valence-electron chi connectivity index (χ0n) is 13.7. The number of nitrogens with one attached hydrogen (secondary N) is 2. The molecule has 24 heavy (non-hydrogen) atoms. The molecule has 2 aromatic rings. The number of carbonyl (C=O) groups is 1. The molecule has 1 amide bonds. The van der Waals surface area contributed by atoms with E-state index < -0.39 is 0 Å². The predicted octanol–water partition coefficient (Wildman–Crippen LogP) is 2.02. The minimum atomic E-state index is -0.283. The summed E-state index contributed by atoms with van der Waals surface area (Å²) in [6.45, 7) is 4.47. The van der Waals surface area contributed by atoms with Gasteiger partial charge >= 0.3 is 0 Å². The largest absolute Gasteiger partial charge is 0.493 e. The van der Waals surface area contributed by atoms with E-state index in [1.807, 2.05) is 18.2 Å². The van der Waals surface area contributed by atoms with Crippen LogP contribution in [0.5, 0.6) is 11.5 Å². The maximum Gasteiger partial charge on any atom is 0.272 e. The average molecular weight is 328 g/mol. The molecule has 0 radical (unpaired) electrons. The first kappa shape index (κ1) is 17.3. The van der Waals surface area contributed by atoms with Crippen molar-refractivity contribution >= 4 is 11.7 Å². The molecule has 7 nitrogen and oxygen atoms in total. The Morgan fingerprint density at radius 3 is 2.58 bits per heavy atom. The van der Waals surface area contributed by atoms with Gasteiger partial charge in [-0.3, -0.25) is 4.79 Å². The number of aromatic nitrogens is 2. The van der Waals surface area contributed by atoms with Crippen LogP contribution in [0.15, 0.2) is 43.0 Å². The summed E-state index contributed by atoms with van der Waals surface area (Å²) >= 11 is 0. The van der Waals surface area contributed by atoms with Gasteiger partial charge in [-0.1, -0.05) is 12.1 Å². The number of carbonyl (C=O) groups excluding carboxylic acids is 1. The maximum atomic E-state index is 11.7. The van der Waals surface area contributed by atoms with Gasteiger partial charge in [0.1, 0.15) is 5.82 Å². The number of rotatable bonds is 8. The summed E-state index contributed by atoms with van der Waals surface area (Å²) in [4.78, 5) is 11.7. The van der Waals surface area contributed by atoms with Gasteiger partial charge in [0.25, 0.3) is 5.91 Å². The molecular formula is C17H20N4O3. The van der Waals surface area contributed by atoms with Gasteiger partial charge in [0.15, 0.2) is 17.2 Å². The third kappa shape index (κ3) is 4.45. The number of anilines is 1. The van der Waals surface area contributed by atoms with Gasteiger partial charge in [-0.05, 0) is 29.8 Å². The summed E-state index contributed by atoms with van der Waals surface area (Å²) < 4.78 is 10.5. The first-order chi connectivity index (χ1) is 11.7. The molecule has 1 aromatic carbocycles. The van der Waals surface area contributed by atoms with Gasteiger partial charge in [-0.15, -0.1) is 16.8 Å². The molecule has 0 unspecified atom stereocenters. The second-order valence-corrected chi connectivity index (χ2v) is 4.85. The van der Waals surface area contributed by atoms with Crippen LogP contribution >= 0.6 is 0 Å². The van der Waals surface area contributed by atoms with Gasteiger partial charge < -0.3 is 20.1 Å². The fourth-order valence-electron chi connectivity index (χ4n) is 1.99. The summed E-state index contributed by atoms with van der Waals surface area (Å²) in [7, 11) is 3.19. The Kier molecular flexibility index (Phi) is 6.13. The van der Waals surface area contributed by atoms with Crippen LogP contribution in [0.1, 0.15) is 16.1 Å². The lowest BCUT2D eigenvalue weighted by atomic mass is 10.2. The summed E-state index contributed by atoms with van der Waals surface area (Å²) in [6, 6.07) is 8.97. The molecule has 1 heterocycles. The van der Waals surface area contributed by atoms with E-state index in [-0.39, 0.29) is 11.6 Å². The van der Waals surface area contributed by atoms with Crippen molar-refractivity contribution in [2.45, 2.75) is 6.54 Å². The molecule has 0 fully saturated rings. The monoisotopic (exact) mass is 328 g/mol. The van der Waals surface area contributed by atoms with E-state index in [0.717, 1.165) is 5.56 Å². The number of amides is 1. The van der Waals surface area contributed by atoms with E-state index in [4.69, 9.17) is 9.47 Å². The fourth-order valence-corrected chi connectivity index (χ4v) is 1.99. The maximum absolute atomic E-state index is 11.7. The van der Waals surface area contributed by atoms with Crippen molar-refractivity contribution in [3.8, 4) is 11.5 Å². The van der Waals surface area contributed by atoms with Gasteiger partial charge in [-0.2, -0.15) is 0 Å². The second kappa shape index (κ2) is 8.52. The highest BCUT2D eigenvalue weighted by molar-refractivity contribution is 5.92. The molecular weight excluding hydrogens is 308 g/mol. The van der Waals surface area contributed by atoms with Crippen molar-refractivity contribution in [1.29, 1.82) is 0 Å². The van der Waals surface area contributed by atoms with Crippen molar-refractivity contribution < 1.29 is 14.3 Å². The number of benzene rings is 1. The van der Waals surface area contributed by atoms with Crippen LogP contribution in [0, 0.1) is 0 Å². The van der Waals surface area contributed by atoms with Crippen LogP contribution in [0.25, 0.3) is 0 Å². The third-order valence-corrected chi connectivity index (χ3v) is 3.23. The zero-order valence-corrected chi connectivity index (χ0v) is 13.7. The number of hydrogen-bond donors (Lipinski definition) is 2. The quantitative estimate of drug-likeness (QED) is 0.721. The summed E-state index contributed by atoms with van der Waals surface area (Å²) in [5, 5.41) is 13.7. The third-order valence-electron chi connectivity index (χ3n) is 3.23. The van der Waals surface area contributed by atoms with Gasteiger partial charge in [0, 0.05) is 13.1 Å². The molecule has 0 saturated heterocycles. The zero-order chi connectivity index (χ0) is 17.4. The highest BCUT2D eigenvalue weighted by atomic mass is 16.5. The average Bonchev–Trinajstić information content (AvgIpc) is 2.64. The minimum Gasteiger partial charge on any atom is -0.493 e. The number of nitrogens with zero attached hydrogens (tertiary/aromatic N) is 2. The second-order valence-electron chi connectivity index (χ2n) is 4.85. The van der Waals surface area contributed by atoms with Crippen molar-refractivity contribution in [3.05, 3.63) is 54.2 Å². The summed E-state index contributed by atoms with van der Waals surface area (Å²) in [5.74, 6) is 1.63. The van der Waals surface area contributed by atoms with Crippen LogP contribution < -0.4 is 20.1 Å². The Bertz CT molecular complexity index is 701. The molecule has 7 heteroatoms. The van der Waals surface area contributed by atoms with E-state index in [1.165, 1.54) is 0 Å². The van der Waals surface area contributed by atoms with Crippen LogP contribution in [-0.4, -0.2) is 36.9 Å². The molecule has 2 N–H and O–H groups in total. The highest BCUT2D eigenvalue weighted by Gasteiger charge is 2.07. The SMILES string of the molecule is C=CCNC(=O)c1ccc(NCc2ccc(OC)c(OC)c2)nn1. The molecule has 126 valence electrons. The molecule has 2 rings (SSSR count). The number of ether oxygens (including phenoxy) is 2. The molecule has 1 aromatic heterocycles. The van der Waals surface area contributed by atoms with Crippen LogP contribution in [0.4, 0.5) is 5.82 Å². The lowest BCUT2D eigenvalue weighted by Gasteiger charge is -2.10. The Morgan fingerprint density at radius 1 is 1.17 bits per heavy atom. The topological polar surface area (TPSA) is 85.4 Å². The number of hydrogen-bond acceptors (Lipinski definition) is 6. The standard InChI is InChI=1S/C17H20N4O3/c1-4-9-18-17(22)13-6-8-16(21-20-13)19-11-12-5-7-14(23-2)15(10-12)24-3/h4-8,10H,1,9,11H2,2-3H3,(H,18,22)(H,19,21). The lowest BCUT2D eigenvalue weighted by Crippen LogP contribution is -2.24.